The van der Waals surface area contributed by atoms with E-state index in [1.807, 2.05) is 0 Å². The number of thiophene rings is 1. The Morgan fingerprint density at radius 3 is 2.74 bits per heavy atom. The van der Waals surface area contributed by atoms with E-state index in [1.165, 1.54) is 31.3 Å². The van der Waals surface area contributed by atoms with Crippen LogP contribution in [0.4, 0.5) is 10.7 Å². The maximum absolute atomic E-state index is 11.9. The number of nitrogens with zero attached hydrogens (tertiary/aromatic N) is 2. The van der Waals surface area contributed by atoms with Gasteiger partial charge in [-0.15, -0.1) is 0 Å². The van der Waals surface area contributed by atoms with Crippen LogP contribution >= 0.6 is 11.3 Å². The molecule has 0 radical (unpaired) electrons. The first-order chi connectivity index (χ1) is 11.0. The number of nitrogens with one attached hydrogen (secondary N) is 2. The van der Waals surface area contributed by atoms with Gasteiger partial charge >= 0.3 is 5.00 Å². The number of carbonyl (C=O) groups excluding carboxylic acids is 2. The number of amides is 2. The Morgan fingerprint density at radius 2 is 2.09 bits per heavy atom. The number of carbonyl (C=O) groups is 2. The fourth-order valence-corrected chi connectivity index (χ4v) is 2.36. The topological polar surface area (TPSA) is 114 Å². The Hall–Kier alpha value is -3.07. The van der Waals surface area contributed by atoms with Crippen molar-refractivity contribution in [3.05, 3.63) is 57.0 Å². The molecule has 1 aromatic carbocycles. The molecule has 2 N–H and O–H groups in total. The van der Waals surface area contributed by atoms with Crippen molar-refractivity contribution in [1.29, 1.82) is 0 Å². The van der Waals surface area contributed by atoms with E-state index in [0.29, 0.717) is 16.1 Å². The number of benzene rings is 1. The first-order valence-electron chi connectivity index (χ1n) is 6.41. The summed E-state index contributed by atoms with van der Waals surface area (Å²) in [6, 6.07) is 9.29. The SMILES string of the molecule is CC(=O)Nc1cccc(C(=O)NN=Cc2ccc([N+](=O)[O-])s2)c1. The highest BCUT2D eigenvalue weighted by atomic mass is 32.1. The molecule has 118 valence electrons. The molecule has 0 saturated carbocycles. The molecule has 0 aliphatic heterocycles. The smallest absolute Gasteiger partial charge is 0.324 e. The molecular formula is C14H12N4O4S. The number of hydrogen-bond acceptors (Lipinski definition) is 6. The minimum atomic E-state index is -0.492. The van der Waals surface area contributed by atoms with Gasteiger partial charge in [-0.05, 0) is 24.3 Å². The van der Waals surface area contributed by atoms with Gasteiger partial charge in [0.1, 0.15) is 0 Å². The van der Waals surface area contributed by atoms with Gasteiger partial charge in [-0.2, -0.15) is 5.10 Å². The van der Waals surface area contributed by atoms with Crippen LogP contribution in [0.2, 0.25) is 0 Å². The van der Waals surface area contributed by atoms with Crippen LogP contribution in [-0.4, -0.2) is 23.0 Å². The largest absolute Gasteiger partial charge is 0.326 e. The molecule has 2 rings (SSSR count). The highest BCUT2D eigenvalue weighted by Gasteiger charge is 2.09. The van der Waals surface area contributed by atoms with Crippen molar-refractivity contribution in [2.24, 2.45) is 5.10 Å². The lowest BCUT2D eigenvalue weighted by Gasteiger charge is -2.04. The van der Waals surface area contributed by atoms with Crippen LogP contribution in [0, 0.1) is 10.1 Å². The molecule has 0 atom stereocenters. The lowest BCUT2D eigenvalue weighted by molar-refractivity contribution is -0.380. The fraction of sp³-hybridized carbons (Fsp3) is 0.0714. The molecule has 0 fully saturated rings. The van der Waals surface area contributed by atoms with Gasteiger partial charge in [0.05, 0.1) is 16.0 Å². The van der Waals surface area contributed by atoms with Gasteiger partial charge in [0.25, 0.3) is 5.91 Å². The summed E-state index contributed by atoms with van der Waals surface area (Å²) in [5, 5.41) is 16.9. The lowest BCUT2D eigenvalue weighted by atomic mass is 10.2. The molecule has 2 amide bonds. The molecule has 0 saturated heterocycles. The Balaban J connectivity index is 1.99. The highest BCUT2D eigenvalue weighted by Crippen LogP contribution is 2.22. The van der Waals surface area contributed by atoms with Crippen LogP contribution in [-0.2, 0) is 4.79 Å². The number of nitro groups is 1. The van der Waals surface area contributed by atoms with E-state index in [4.69, 9.17) is 0 Å². The summed E-state index contributed by atoms with van der Waals surface area (Å²) in [7, 11) is 0. The molecule has 0 aliphatic rings. The molecule has 23 heavy (non-hydrogen) atoms. The van der Waals surface area contributed by atoms with Crippen LogP contribution < -0.4 is 10.7 Å². The van der Waals surface area contributed by atoms with Crippen LogP contribution in [0.5, 0.6) is 0 Å². The van der Waals surface area contributed by atoms with Crippen LogP contribution in [0.25, 0.3) is 0 Å². The Kier molecular flexibility index (Phi) is 5.15. The fourth-order valence-electron chi connectivity index (χ4n) is 1.67. The molecule has 2 aromatic rings. The van der Waals surface area contributed by atoms with E-state index in [0.717, 1.165) is 11.3 Å². The molecule has 1 heterocycles. The minimum absolute atomic E-state index is 0.000727. The Bertz CT molecular complexity index is 785. The minimum Gasteiger partial charge on any atom is -0.326 e. The molecular weight excluding hydrogens is 320 g/mol. The van der Waals surface area contributed by atoms with Crippen molar-refractivity contribution in [1.82, 2.24) is 5.43 Å². The maximum Gasteiger partial charge on any atom is 0.324 e. The van der Waals surface area contributed by atoms with Gasteiger partial charge in [0, 0.05) is 24.2 Å². The van der Waals surface area contributed by atoms with Crippen molar-refractivity contribution in [3.63, 3.8) is 0 Å². The Morgan fingerprint density at radius 1 is 1.30 bits per heavy atom. The van der Waals surface area contributed by atoms with Gasteiger partial charge in [-0.3, -0.25) is 19.7 Å². The first-order valence-corrected chi connectivity index (χ1v) is 7.22. The molecule has 0 aliphatic carbocycles. The van der Waals surface area contributed by atoms with Gasteiger partial charge in [0.15, 0.2) is 0 Å². The summed E-state index contributed by atoms with van der Waals surface area (Å²) < 4.78 is 0. The van der Waals surface area contributed by atoms with Crippen molar-refractivity contribution >= 4 is 40.1 Å². The second-order valence-electron chi connectivity index (χ2n) is 4.39. The maximum atomic E-state index is 11.9. The molecule has 8 nitrogen and oxygen atoms in total. The number of anilines is 1. The second kappa shape index (κ2) is 7.27. The van der Waals surface area contributed by atoms with E-state index in [-0.39, 0.29) is 10.9 Å². The molecule has 0 spiro atoms. The van der Waals surface area contributed by atoms with E-state index < -0.39 is 10.8 Å². The summed E-state index contributed by atoms with van der Waals surface area (Å²) >= 11 is 0.951. The highest BCUT2D eigenvalue weighted by molar-refractivity contribution is 7.16. The summed E-state index contributed by atoms with van der Waals surface area (Å²) in [4.78, 5) is 33.5. The number of hydrazone groups is 1. The van der Waals surface area contributed by atoms with Crippen molar-refractivity contribution in [2.75, 3.05) is 5.32 Å². The summed E-state index contributed by atoms with van der Waals surface area (Å²) in [6.07, 6.45) is 1.33. The van der Waals surface area contributed by atoms with Crippen LogP contribution in [0.1, 0.15) is 22.2 Å². The van der Waals surface area contributed by atoms with E-state index in [1.54, 1.807) is 18.2 Å². The predicted octanol–water partition coefficient (Wildman–Crippen LogP) is 2.38. The van der Waals surface area contributed by atoms with Crippen LogP contribution in [0.15, 0.2) is 41.5 Å². The second-order valence-corrected chi connectivity index (χ2v) is 5.49. The monoisotopic (exact) mass is 332 g/mol. The summed E-state index contributed by atoms with van der Waals surface area (Å²) in [5.74, 6) is -0.695. The lowest BCUT2D eigenvalue weighted by Crippen LogP contribution is -2.18. The summed E-state index contributed by atoms with van der Waals surface area (Å²) in [6.45, 7) is 1.37. The third-order valence-corrected chi connectivity index (χ3v) is 3.57. The van der Waals surface area contributed by atoms with Crippen molar-refractivity contribution in [2.45, 2.75) is 6.92 Å². The summed E-state index contributed by atoms with van der Waals surface area (Å²) in [5.41, 5.74) is 3.15. The van der Waals surface area contributed by atoms with Gasteiger partial charge < -0.3 is 5.32 Å². The normalized spacial score (nSPS) is 10.5. The van der Waals surface area contributed by atoms with Gasteiger partial charge in [0.2, 0.25) is 5.91 Å². The Labute approximate surface area is 135 Å². The van der Waals surface area contributed by atoms with Crippen molar-refractivity contribution in [3.8, 4) is 0 Å². The van der Waals surface area contributed by atoms with Gasteiger partial charge in [-0.1, -0.05) is 17.4 Å². The van der Waals surface area contributed by atoms with Crippen molar-refractivity contribution < 1.29 is 14.5 Å². The standard InChI is InChI=1S/C14H12N4O4S/c1-9(19)16-11-4-2-3-10(7-11)14(20)17-15-8-12-5-6-13(23-12)18(21)22/h2-8H,1H3,(H,16,19)(H,17,20). The molecule has 0 bridgehead atoms. The quantitative estimate of drug-likeness (QED) is 0.497. The number of hydrogen-bond donors (Lipinski definition) is 2. The molecule has 1 aromatic heterocycles. The zero-order chi connectivity index (χ0) is 16.8. The third kappa shape index (κ3) is 4.71. The average molecular weight is 332 g/mol. The average Bonchev–Trinajstić information content (AvgIpc) is 2.96. The first kappa shape index (κ1) is 16.3. The third-order valence-electron chi connectivity index (χ3n) is 2.60. The molecule has 0 unspecified atom stereocenters. The predicted molar refractivity (Wildman–Crippen MR) is 86.8 cm³/mol. The number of rotatable bonds is 5. The van der Waals surface area contributed by atoms with E-state index in [9.17, 15) is 19.7 Å². The zero-order valence-corrected chi connectivity index (χ0v) is 12.8. The van der Waals surface area contributed by atoms with Crippen LogP contribution in [0.3, 0.4) is 0 Å². The van der Waals surface area contributed by atoms with E-state index >= 15 is 0 Å². The zero-order valence-electron chi connectivity index (χ0n) is 12.0. The van der Waals surface area contributed by atoms with E-state index in [2.05, 4.69) is 15.8 Å². The van der Waals surface area contributed by atoms with Gasteiger partial charge in [-0.25, -0.2) is 5.43 Å². The molecule has 9 heteroatoms.